The van der Waals surface area contributed by atoms with E-state index in [-0.39, 0.29) is 16.4 Å². The van der Waals surface area contributed by atoms with Crippen molar-refractivity contribution in [3.8, 4) is 0 Å². The lowest BCUT2D eigenvalue weighted by Crippen LogP contribution is -2.53. The van der Waals surface area contributed by atoms with E-state index in [4.69, 9.17) is 4.74 Å². The molecule has 0 spiro atoms. The van der Waals surface area contributed by atoms with Crippen molar-refractivity contribution >= 4 is 16.1 Å². The third kappa shape index (κ3) is 3.02. The number of cyclic esters (lactones) is 1. The number of nitrogens with zero attached hydrogens (tertiary/aromatic N) is 1. The predicted molar refractivity (Wildman–Crippen MR) is 106 cm³/mol. The monoisotopic (exact) mass is 397 g/mol. The van der Waals surface area contributed by atoms with Crippen molar-refractivity contribution in [3.05, 3.63) is 78.4 Å². The first-order valence-electron chi connectivity index (χ1n) is 9.38. The highest BCUT2D eigenvalue weighted by atomic mass is 32.2. The molecule has 2 aromatic rings. The van der Waals surface area contributed by atoms with E-state index >= 15 is 0 Å². The lowest BCUT2D eigenvalue weighted by molar-refractivity contribution is 0.0164. The zero-order valence-electron chi connectivity index (χ0n) is 15.7. The molecule has 2 fully saturated rings. The summed E-state index contributed by atoms with van der Waals surface area (Å²) in [5.41, 5.74) is 1.85. The molecule has 1 aliphatic carbocycles. The highest BCUT2D eigenvalue weighted by Crippen LogP contribution is 2.54. The van der Waals surface area contributed by atoms with Crippen LogP contribution in [-0.2, 0) is 20.2 Å². The molecule has 0 bridgehead atoms. The summed E-state index contributed by atoms with van der Waals surface area (Å²) >= 11 is 0. The maximum absolute atomic E-state index is 13.1. The van der Waals surface area contributed by atoms with Crippen molar-refractivity contribution in [1.82, 2.24) is 4.31 Å². The van der Waals surface area contributed by atoms with E-state index in [0.29, 0.717) is 6.42 Å². The molecule has 1 aliphatic heterocycles. The molecule has 146 valence electrons. The summed E-state index contributed by atoms with van der Waals surface area (Å²) in [6.45, 7) is 5.66. The summed E-state index contributed by atoms with van der Waals surface area (Å²) in [7, 11) is -4.01. The van der Waals surface area contributed by atoms with Crippen molar-refractivity contribution in [2.45, 2.75) is 48.6 Å². The van der Waals surface area contributed by atoms with Crippen LogP contribution >= 0.6 is 0 Å². The number of hydrogen-bond donors (Lipinski definition) is 0. The zero-order chi connectivity index (χ0) is 19.9. The Morgan fingerprint density at radius 3 is 2.32 bits per heavy atom. The van der Waals surface area contributed by atoms with Gasteiger partial charge in [-0.25, -0.2) is 13.2 Å². The number of amides is 1. The number of benzene rings is 2. The fourth-order valence-electron chi connectivity index (χ4n) is 4.00. The van der Waals surface area contributed by atoms with E-state index in [9.17, 15) is 13.2 Å². The van der Waals surface area contributed by atoms with Crippen LogP contribution in [-0.4, -0.2) is 31.0 Å². The Labute approximate surface area is 165 Å². The van der Waals surface area contributed by atoms with Crippen LogP contribution in [0.3, 0.4) is 0 Å². The Bertz CT molecular complexity index is 995. The van der Waals surface area contributed by atoms with Crippen LogP contribution in [0.2, 0.25) is 0 Å². The van der Waals surface area contributed by atoms with E-state index in [0.717, 1.165) is 28.3 Å². The summed E-state index contributed by atoms with van der Waals surface area (Å²) in [6, 6.07) is 15.8. The number of carbonyl (C=O) groups excluding carboxylic acids is 1. The van der Waals surface area contributed by atoms with Gasteiger partial charge in [-0.1, -0.05) is 54.1 Å². The smallest absolute Gasteiger partial charge is 0.424 e. The molecule has 0 radical (unpaired) electrons. The third-order valence-corrected chi connectivity index (χ3v) is 7.59. The predicted octanol–water partition coefficient (Wildman–Crippen LogP) is 4.18. The van der Waals surface area contributed by atoms with Crippen LogP contribution in [0.1, 0.15) is 30.4 Å². The Kier molecular flexibility index (Phi) is 4.54. The summed E-state index contributed by atoms with van der Waals surface area (Å²) in [5.74, 6) is 0. The lowest BCUT2D eigenvalue weighted by Gasteiger charge is -2.39. The average molecular weight is 397 g/mol. The molecule has 6 heteroatoms. The summed E-state index contributed by atoms with van der Waals surface area (Å²) in [6.07, 6.45) is 2.57. The molecule has 0 unspecified atom stereocenters. The van der Waals surface area contributed by atoms with Crippen molar-refractivity contribution in [1.29, 1.82) is 0 Å². The summed E-state index contributed by atoms with van der Waals surface area (Å²) in [5, 5.41) is 0. The molecular formula is C22H23NO4S. The van der Waals surface area contributed by atoms with Gasteiger partial charge in [0.1, 0.15) is 6.10 Å². The number of sulfonamides is 1. The van der Waals surface area contributed by atoms with E-state index in [1.54, 1.807) is 12.1 Å². The van der Waals surface area contributed by atoms with Crippen LogP contribution in [0.5, 0.6) is 0 Å². The Hall–Kier alpha value is -2.60. The highest BCUT2D eigenvalue weighted by molar-refractivity contribution is 7.89. The number of carbonyl (C=O) groups is 1. The first-order valence-corrected chi connectivity index (χ1v) is 10.8. The SMILES string of the molecule is C=C[C@H]1C[C@@H](C2(c3ccccc3)CC2)OC(=O)N1S(=O)(=O)c1ccc(C)cc1. The first-order chi connectivity index (χ1) is 13.4. The number of rotatable bonds is 5. The molecule has 0 N–H and O–H groups in total. The van der Waals surface area contributed by atoms with Crippen molar-refractivity contribution in [2.24, 2.45) is 0 Å². The molecule has 1 saturated heterocycles. The van der Waals surface area contributed by atoms with Gasteiger partial charge in [-0.3, -0.25) is 0 Å². The molecule has 1 heterocycles. The van der Waals surface area contributed by atoms with E-state index in [1.165, 1.54) is 18.2 Å². The first kappa shape index (κ1) is 18.7. The lowest BCUT2D eigenvalue weighted by atomic mass is 9.86. The van der Waals surface area contributed by atoms with Crippen LogP contribution < -0.4 is 0 Å². The molecule has 1 amide bonds. The van der Waals surface area contributed by atoms with Gasteiger partial charge < -0.3 is 4.74 Å². The minimum atomic E-state index is -4.01. The van der Waals surface area contributed by atoms with Crippen LogP contribution in [0, 0.1) is 6.92 Å². The maximum Gasteiger partial charge on any atom is 0.424 e. The molecular weight excluding hydrogens is 374 g/mol. The maximum atomic E-state index is 13.1. The van der Waals surface area contributed by atoms with Crippen LogP contribution in [0.4, 0.5) is 4.79 Å². The van der Waals surface area contributed by atoms with E-state index in [1.807, 2.05) is 37.3 Å². The molecule has 2 atom stereocenters. The normalized spacial score (nSPS) is 23.8. The Morgan fingerprint density at radius 2 is 1.75 bits per heavy atom. The topological polar surface area (TPSA) is 63.7 Å². The molecule has 4 rings (SSSR count). The quantitative estimate of drug-likeness (QED) is 0.710. The van der Waals surface area contributed by atoms with Gasteiger partial charge in [0.05, 0.1) is 10.9 Å². The largest absolute Gasteiger partial charge is 0.444 e. The van der Waals surface area contributed by atoms with Crippen LogP contribution in [0.15, 0.2) is 72.1 Å². The van der Waals surface area contributed by atoms with Gasteiger partial charge in [0.15, 0.2) is 0 Å². The summed E-state index contributed by atoms with van der Waals surface area (Å²) < 4.78 is 32.7. The highest BCUT2D eigenvalue weighted by Gasteiger charge is 2.56. The Balaban J connectivity index is 1.64. The molecule has 1 saturated carbocycles. The molecule has 28 heavy (non-hydrogen) atoms. The molecule has 2 aliphatic rings. The fourth-order valence-corrected chi connectivity index (χ4v) is 5.48. The second kappa shape index (κ2) is 6.78. The van der Waals surface area contributed by atoms with Gasteiger partial charge in [-0.05, 0) is 37.5 Å². The fraction of sp³-hybridized carbons (Fsp3) is 0.318. The second-order valence-electron chi connectivity index (χ2n) is 7.55. The van der Waals surface area contributed by atoms with Gasteiger partial charge in [0, 0.05) is 11.8 Å². The number of hydrogen-bond acceptors (Lipinski definition) is 4. The standard InChI is InChI=1S/C22H23NO4S/c1-3-18-15-20(22(13-14-22)17-7-5-4-6-8-17)27-21(24)23(18)28(25,26)19-11-9-16(2)10-12-19/h3-12,18,20H,1,13-15H2,2H3/t18-,20-/m0/s1. The number of aryl methyl sites for hydroxylation is 1. The minimum Gasteiger partial charge on any atom is -0.444 e. The second-order valence-corrected chi connectivity index (χ2v) is 9.36. The summed E-state index contributed by atoms with van der Waals surface area (Å²) in [4.78, 5) is 12.9. The molecule has 0 aromatic heterocycles. The average Bonchev–Trinajstić information content (AvgIpc) is 3.50. The van der Waals surface area contributed by atoms with Crippen molar-refractivity contribution in [2.75, 3.05) is 0 Å². The van der Waals surface area contributed by atoms with E-state index in [2.05, 4.69) is 6.58 Å². The third-order valence-electron chi connectivity index (χ3n) is 5.78. The zero-order valence-corrected chi connectivity index (χ0v) is 16.6. The van der Waals surface area contributed by atoms with E-state index < -0.39 is 22.2 Å². The van der Waals surface area contributed by atoms with Crippen molar-refractivity contribution < 1.29 is 17.9 Å². The number of ether oxygens (including phenoxy) is 1. The Morgan fingerprint density at radius 1 is 1.11 bits per heavy atom. The molecule has 2 aromatic carbocycles. The van der Waals surface area contributed by atoms with Crippen molar-refractivity contribution in [3.63, 3.8) is 0 Å². The minimum absolute atomic E-state index is 0.0737. The van der Waals surface area contributed by atoms with Crippen LogP contribution in [0.25, 0.3) is 0 Å². The van der Waals surface area contributed by atoms with Gasteiger partial charge in [0.25, 0.3) is 10.0 Å². The van der Waals surface area contributed by atoms with Gasteiger partial charge in [-0.2, -0.15) is 4.31 Å². The van der Waals surface area contributed by atoms with Gasteiger partial charge in [-0.15, -0.1) is 6.58 Å². The van der Waals surface area contributed by atoms with Gasteiger partial charge >= 0.3 is 6.09 Å². The molecule has 5 nitrogen and oxygen atoms in total. The van der Waals surface area contributed by atoms with Gasteiger partial charge in [0.2, 0.25) is 0 Å².